The van der Waals surface area contributed by atoms with Crippen molar-refractivity contribution in [2.24, 2.45) is 0 Å². The summed E-state index contributed by atoms with van der Waals surface area (Å²) in [5.41, 5.74) is 1.22. The smallest absolute Gasteiger partial charge is 0.0531 e. The predicted octanol–water partition coefficient (Wildman–Crippen LogP) is 3.69. The summed E-state index contributed by atoms with van der Waals surface area (Å²) < 4.78 is 10.7. The highest BCUT2D eigenvalue weighted by molar-refractivity contribution is 7.36. The van der Waals surface area contributed by atoms with Crippen molar-refractivity contribution in [3.05, 3.63) is 41.7 Å². The van der Waals surface area contributed by atoms with Crippen LogP contribution in [0.25, 0.3) is 6.08 Å². The van der Waals surface area contributed by atoms with Gasteiger partial charge in [-0.25, -0.2) is 0 Å². The first-order valence-electron chi connectivity index (χ1n) is 5.60. The number of ether oxygens (including phenoxy) is 1. The second kappa shape index (κ2) is 9.53. The van der Waals surface area contributed by atoms with Gasteiger partial charge in [0.2, 0.25) is 0 Å². The van der Waals surface area contributed by atoms with Crippen molar-refractivity contribution in [3.8, 4) is 0 Å². The van der Waals surface area contributed by atoms with Gasteiger partial charge in [0, 0.05) is 22.0 Å². The molecule has 1 aromatic rings. The minimum Gasteiger partial charge on any atom is -0.382 e. The highest BCUT2D eigenvalue weighted by Gasteiger charge is 1.87. The van der Waals surface area contributed by atoms with Gasteiger partial charge in [-0.1, -0.05) is 36.4 Å². The standard InChI is InChI=1S/C13H19O2P/c1-2-14-10-6-11-15-16-12-9-13-7-4-3-5-8-13/h3-5,7-9,12,16H,2,6,10-11H2,1H3. The molecule has 0 radical (unpaired) electrons. The summed E-state index contributed by atoms with van der Waals surface area (Å²) in [7, 11) is 0.434. The Morgan fingerprint density at radius 1 is 1.19 bits per heavy atom. The summed E-state index contributed by atoms with van der Waals surface area (Å²) in [6.07, 6.45) is 3.06. The Labute approximate surface area is 99.5 Å². The monoisotopic (exact) mass is 238 g/mol. The number of hydrogen-bond acceptors (Lipinski definition) is 2. The lowest BCUT2D eigenvalue weighted by atomic mass is 10.2. The summed E-state index contributed by atoms with van der Waals surface area (Å²) in [5.74, 6) is 2.07. The lowest BCUT2D eigenvalue weighted by Gasteiger charge is -2.01. The molecule has 0 heterocycles. The minimum absolute atomic E-state index is 0.434. The van der Waals surface area contributed by atoms with Gasteiger partial charge in [-0.2, -0.15) is 0 Å². The lowest BCUT2D eigenvalue weighted by molar-refractivity contribution is 0.133. The van der Waals surface area contributed by atoms with Crippen LogP contribution >= 0.6 is 8.81 Å². The quantitative estimate of drug-likeness (QED) is 0.508. The van der Waals surface area contributed by atoms with Gasteiger partial charge < -0.3 is 9.26 Å². The maximum atomic E-state index is 5.46. The fourth-order valence-electron chi connectivity index (χ4n) is 1.18. The van der Waals surface area contributed by atoms with Crippen molar-refractivity contribution >= 4 is 14.9 Å². The first kappa shape index (κ1) is 13.4. The molecular weight excluding hydrogens is 219 g/mol. The molecular formula is C13H19O2P. The van der Waals surface area contributed by atoms with E-state index in [4.69, 9.17) is 9.26 Å². The molecule has 2 nitrogen and oxygen atoms in total. The first-order chi connectivity index (χ1) is 7.93. The molecule has 16 heavy (non-hydrogen) atoms. The number of rotatable bonds is 8. The number of hydrogen-bond donors (Lipinski definition) is 0. The molecule has 0 aliphatic heterocycles. The molecule has 0 spiro atoms. The molecule has 1 atom stereocenters. The molecule has 0 aliphatic rings. The van der Waals surface area contributed by atoms with Crippen LogP contribution in [0.2, 0.25) is 0 Å². The van der Waals surface area contributed by atoms with Gasteiger partial charge in [0.05, 0.1) is 6.61 Å². The SMILES string of the molecule is CCOCCCOPC=Cc1ccccc1. The zero-order chi connectivity index (χ0) is 11.5. The van der Waals surface area contributed by atoms with Gasteiger partial charge in [-0.05, 0) is 24.7 Å². The van der Waals surface area contributed by atoms with E-state index in [1.165, 1.54) is 5.56 Å². The van der Waals surface area contributed by atoms with Gasteiger partial charge in [-0.3, -0.25) is 0 Å². The lowest BCUT2D eigenvalue weighted by Crippen LogP contribution is -1.96. The van der Waals surface area contributed by atoms with Gasteiger partial charge >= 0.3 is 0 Å². The Hall–Kier alpha value is -0.690. The van der Waals surface area contributed by atoms with Crippen LogP contribution < -0.4 is 0 Å². The molecule has 1 aromatic carbocycles. The largest absolute Gasteiger partial charge is 0.382 e. The van der Waals surface area contributed by atoms with Crippen LogP contribution in [0.1, 0.15) is 18.9 Å². The summed E-state index contributed by atoms with van der Waals surface area (Å²) in [4.78, 5) is 0. The second-order valence-electron chi connectivity index (χ2n) is 3.26. The molecule has 0 saturated carbocycles. The van der Waals surface area contributed by atoms with Gasteiger partial charge in [0.1, 0.15) is 0 Å². The molecule has 0 aliphatic carbocycles. The van der Waals surface area contributed by atoms with Crippen LogP contribution in [0.5, 0.6) is 0 Å². The Morgan fingerprint density at radius 3 is 2.75 bits per heavy atom. The average molecular weight is 238 g/mol. The summed E-state index contributed by atoms with van der Waals surface area (Å²) in [6, 6.07) is 10.2. The molecule has 3 heteroatoms. The fraction of sp³-hybridized carbons (Fsp3) is 0.385. The maximum Gasteiger partial charge on any atom is 0.0531 e. The van der Waals surface area contributed by atoms with E-state index < -0.39 is 0 Å². The molecule has 0 saturated heterocycles. The normalized spacial score (nSPS) is 11.8. The second-order valence-corrected chi connectivity index (χ2v) is 4.12. The third kappa shape index (κ3) is 6.73. The van der Waals surface area contributed by atoms with Crippen LogP contribution in [0, 0.1) is 0 Å². The van der Waals surface area contributed by atoms with E-state index in [2.05, 4.69) is 24.0 Å². The third-order valence-electron chi connectivity index (χ3n) is 1.97. The van der Waals surface area contributed by atoms with E-state index >= 15 is 0 Å². The molecule has 0 fully saturated rings. The predicted molar refractivity (Wildman–Crippen MR) is 70.9 cm³/mol. The van der Waals surface area contributed by atoms with Gasteiger partial charge in [0.15, 0.2) is 0 Å². The Kier molecular flexibility index (Phi) is 7.97. The topological polar surface area (TPSA) is 18.5 Å². The summed E-state index contributed by atoms with van der Waals surface area (Å²) in [5, 5.41) is 0. The summed E-state index contributed by atoms with van der Waals surface area (Å²) in [6.45, 7) is 4.36. The van der Waals surface area contributed by atoms with Crippen LogP contribution in [-0.4, -0.2) is 19.8 Å². The fourth-order valence-corrected chi connectivity index (χ4v) is 1.80. The highest BCUT2D eigenvalue weighted by atomic mass is 31.1. The van der Waals surface area contributed by atoms with Crippen molar-refractivity contribution in [2.75, 3.05) is 19.8 Å². The minimum atomic E-state index is 0.434. The molecule has 0 amide bonds. The van der Waals surface area contributed by atoms with Gasteiger partial charge in [-0.15, -0.1) is 0 Å². The van der Waals surface area contributed by atoms with E-state index in [9.17, 15) is 0 Å². The Bertz CT molecular complexity index is 285. The van der Waals surface area contributed by atoms with E-state index in [1.54, 1.807) is 0 Å². The van der Waals surface area contributed by atoms with Gasteiger partial charge in [0.25, 0.3) is 0 Å². The van der Waals surface area contributed by atoms with Crippen LogP contribution in [0.3, 0.4) is 0 Å². The zero-order valence-electron chi connectivity index (χ0n) is 9.69. The number of benzene rings is 1. The third-order valence-corrected chi connectivity index (χ3v) is 2.64. The molecule has 1 rings (SSSR count). The summed E-state index contributed by atoms with van der Waals surface area (Å²) >= 11 is 0. The Balaban J connectivity index is 2.01. The van der Waals surface area contributed by atoms with Crippen molar-refractivity contribution < 1.29 is 9.26 Å². The maximum absolute atomic E-state index is 5.46. The average Bonchev–Trinajstić information content (AvgIpc) is 2.34. The van der Waals surface area contributed by atoms with Crippen LogP contribution in [-0.2, 0) is 9.26 Å². The molecule has 0 aromatic heterocycles. The van der Waals surface area contributed by atoms with Crippen LogP contribution in [0.15, 0.2) is 36.1 Å². The molecule has 88 valence electrons. The molecule has 0 N–H and O–H groups in total. The van der Waals surface area contributed by atoms with E-state index in [0.717, 1.165) is 26.2 Å². The van der Waals surface area contributed by atoms with Crippen LogP contribution in [0.4, 0.5) is 0 Å². The first-order valence-corrected chi connectivity index (χ1v) is 6.58. The molecule has 0 bridgehead atoms. The van der Waals surface area contributed by atoms with Crippen molar-refractivity contribution in [2.45, 2.75) is 13.3 Å². The van der Waals surface area contributed by atoms with E-state index in [-0.39, 0.29) is 0 Å². The van der Waals surface area contributed by atoms with Crippen molar-refractivity contribution in [3.63, 3.8) is 0 Å². The van der Waals surface area contributed by atoms with E-state index in [1.807, 2.05) is 25.1 Å². The highest BCUT2D eigenvalue weighted by Crippen LogP contribution is 2.16. The van der Waals surface area contributed by atoms with Crippen molar-refractivity contribution in [1.29, 1.82) is 0 Å². The zero-order valence-corrected chi connectivity index (χ0v) is 10.7. The Morgan fingerprint density at radius 2 is 2.00 bits per heavy atom. The van der Waals surface area contributed by atoms with Crippen molar-refractivity contribution in [1.82, 2.24) is 0 Å². The van der Waals surface area contributed by atoms with E-state index in [0.29, 0.717) is 8.81 Å². The molecule has 1 unspecified atom stereocenters.